The van der Waals surface area contributed by atoms with Crippen LogP contribution in [-0.2, 0) is 14.4 Å². The molecule has 1 fully saturated rings. The van der Waals surface area contributed by atoms with Crippen LogP contribution in [0, 0.1) is 0 Å². The molecule has 7 nitrogen and oxygen atoms in total. The maximum atomic E-state index is 12.4. The first-order chi connectivity index (χ1) is 12.4. The fourth-order valence-corrected chi connectivity index (χ4v) is 3.96. The van der Waals surface area contributed by atoms with Gasteiger partial charge >= 0.3 is 11.8 Å². The number of carbonyl (C=O) groups excluding carboxylic acids is 3. The zero-order valence-electron chi connectivity index (χ0n) is 15.5. The van der Waals surface area contributed by atoms with Crippen LogP contribution in [0.1, 0.15) is 37.3 Å². The van der Waals surface area contributed by atoms with Gasteiger partial charge in [-0.1, -0.05) is 31.0 Å². The number of anilines is 1. The number of para-hydroxylation sites is 1. The monoisotopic (exact) mass is 358 g/mol. The SMILES string of the molecule is CN1C(=O)[C@H](NC(=O)C(=O)NCC2(N(C)C)CCCC2)c2ccccc21. The van der Waals surface area contributed by atoms with Crippen LogP contribution in [0.15, 0.2) is 24.3 Å². The van der Waals surface area contributed by atoms with Crippen LogP contribution in [-0.4, -0.2) is 55.8 Å². The standard InChI is InChI=1S/C19H26N4O3/c1-22(2)19(10-6-7-11-19)12-20-16(24)17(25)21-15-13-8-4-5-9-14(13)23(3)18(15)26/h4-5,8-9,15H,6-7,10-12H2,1-3H3,(H,20,24)(H,21,25)/t15-/m1/s1. The molecule has 0 unspecified atom stereocenters. The van der Waals surface area contributed by atoms with E-state index in [0.717, 1.165) is 31.4 Å². The summed E-state index contributed by atoms with van der Waals surface area (Å²) >= 11 is 0. The minimum Gasteiger partial charge on any atom is -0.346 e. The first kappa shape index (κ1) is 18.4. The molecule has 1 heterocycles. The second kappa shape index (κ2) is 7.07. The van der Waals surface area contributed by atoms with Gasteiger partial charge in [0.25, 0.3) is 5.91 Å². The normalized spacial score (nSPS) is 21.0. The molecule has 0 radical (unpaired) electrons. The van der Waals surface area contributed by atoms with Gasteiger partial charge in [-0.05, 0) is 33.0 Å². The Morgan fingerprint density at radius 2 is 1.85 bits per heavy atom. The van der Waals surface area contributed by atoms with Gasteiger partial charge in [0, 0.05) is 30.4 Å². The smallest absolute Gasteiger partial charge is 0.310 e. The Hall–Kier alpha value is -2.41. The molecule has 3 rings (SSSR count). The van der Waals surface area contributed by atoms with Gasteiger partial charge in [0.1, 0.15) is 6.04 Å². The fourth-order valence-electron chi connectivity index (χ4n) is 3.96. The van der Waals surface area contributed by atoms with Crippen molar-refractivity contribution >= 4 is 23.4 Å². The summed E-state index contributed by atoms with van der Waals surface area (Å²) in [4.78, 5) is 40.6. The second-order valence-corrected chi connectivity index (χ2v) is 7.37. The Bertz CT molecular complexity index is 725. The predicted molar refractivity (Wildman–Crippen MR) is 98.6 cm³/mol. The van der Waals surface area contributed by atoms with Gasteiger partial charge in [-0.15, -0.1) is 0 Å². The molecule has 1 atom stereocenters. The minimum absolute atomic E-state index is 0.0913. The van der Waals surface area contributed by atoms with E-state index in [1.165, 1.54) is 4.90 Å². The maximum absolute atomic E-state index is 12.4. The van der Waals surface area contributed by atoms with Gasteiger partial charge in [0.2, 0.25) is 0 Å². The number of likely N-dealkylation sites (N-methyl/N-ethyl adjacent to an activating group) is 2. The van der Waals surface area contributed by atoms with E-state index in [9.17, 15) is 14.4 Å². The Kier molecular flexibility index (Phi) is 5.00. The highest BCUT2D eigenvalue weighted by Gasteiger charge is 2.39. The molecule has 3 amide bonds. The lowest BCUT2D eigenvalue weighted by molar-refractivity contribution is -0.140. The molecule has 0 saturated heterocycles. The first-order valence-electron chi connectivity index (χ1n) is 8.98. The molecule has 2 aliphatic rings. The van der Waals surface area contributed by atoms with Crippen molar-refractivity contribution in [2.75, 3.05) is 32.6 Å². The van der Waals surface area contributed by atoms with Crippen LogP contribution in [0.25, 0.3) is 0 Å². The van der Waals surface area contributed by atoms with Gasteiger partial charge in [-0.3, -0.25) is 14.4 Å². The summed E-state index contributed by atoms with van der Waals surface area (Å²) in [5.41, 5.74) is 1.37. The van der Waals surface area contributed by atoms with Gasteiger partial charge in [-0.25, -0.2) is 0 Å². The van der Waals surface area contributed by atoms with Gasteiger partial charge in [-0.2, -0.15) is 0 Å². The molecule has 1 aromatic rings. The summed E-state index contributed by atoms with van der Waals surface area (Å²) in [5, 5.41) is 5.33. The van der Waals surface area contributed by atoms with Crippen LogP contribution in [0.2, 0.25) is 0 Å². The van der Waals surface area contributed by atoms with Crippen LogP contribution in [0.4, 0.5) is 5.69 Å². The summed E-state index contributed by atoms with van der Waals surface area (Å²) < 4.78 is 0. The van der Waals surface area contributed by atoms with E-state index in [1.807, 2.05) is 32.3 Å². The number of benzene rings is 1. The van der Waals surface area contributed by atoms with E-state index in [4.69, 9.17) is 0 Å². The van der Waals surface area contributed by atoms with Gasteiger partial charge < -0.3 is 20.4 Å². The Labute approximate surface area is 153 Å². The van der Waals surface area contributed by atoms with Crippen molar-refractivity contribution < 1.29 is 14.4 Å². The predicted octanol–water partition coefficient (Wildman–Crippen LogP) is 0.811. The molecular formula is C19H26N4O3. The number of nitrogens with zero attached hydrogens (tertiary/aromatic N) is 2. The Balaban J connectivity index is 1.63. The molecule has 0 aromatic heterocycles. The third-order valence-corrected chi connectivity index (χ3v) is 5.73. The molecular weight excluding hydrogens is 332 g/mol. The van der Waals surface area contributed by atoms with E-state index in [0.29, 0.717) is 12.1 Å². The number of hydrogen-bond acceptors (Lipinski definition) is 4. The quantitative estimate of drug-likeness (QED) is 0.781. The average Bonchev–Trinajstić information content (AvgIpc) is 3.20. The zero-order valence-corrected chi connectivity index (χ0v) is 15.5. The molecule has 0 spiro atoms. The molecule has 1 aliphatic heterocycles. The summed E-state index contributed by atoms with van der Waals surface area (Å²) in [6, 6.07) is 6.44. The van der Waals surface area contributed by atoms with E-state index < -0.39 is 17.9 Å². The van der Waals surface area contributed by atoms with E-state index in [-0.39, 0.29) is 11.4 Å². The van der Waals surface area contributed by atoms with Crippen molar-refractivity contribution in [3.05, 3.63) is 29.8 Å². The number of rotatable bonds is 4. The van der Waals surface area contributed by atoms with Crippen LogP contribution in [0.5, 0.6) is 0 Å². The molecule has 1 aliphatic carbocycles. The summed E-state index contributed by atoms with van der Waals surface area (Å²) in [6.07, 6.45) is 4.25. The summed E-state index contributed by atoms with van der Waals surface area (Å²) in [6.45, 7) is 0.432. The van der Waals surface area contributed by atoms with Crippen molar-refractivity contribution in [2.24, 2.45) is 0 Å². The summed E-state index contributed by atoms with van der Waals surface area (Å²) in [7, 11) is 5.66. The van der Waals surface area contributed by atoms with Crippen LogP contribution < -0.4 is 15.5 Å². The molecule has 1 saturated carbocycles. The molecule has 0 bridgehead atoms. The Morgan fingerprint density at radius 3 is 2.50 bits per heavy atom. The van der Waals surface area contributed by atoms with E-state index >= 15 is 0 Å². The third-order valence-electron chi connectivity index (χ3n) is 5.73. The maximum Gasteiger partial charge on any atom is 0.310 e. The number of amides is 3. The second-order valence-electron chi connectivity index (χ2n) is 7.37. The van der Waals surface area contributed by atoms with Crippen molar-refractivity contribution in [3.63, 3.8) is 0 Å². The van der Waals surface area contributed by atoms with Gasteiger partial charge in [0.15, 0.2) is 0 Å². The molecule has 140 valence electrons. The van der Waals surface area contributed by atoms with Crippen molar-refractivity contribution in [2.45, 2.75) is 37.3 Å². The van der Waals surface area contributed by atoms with Crippen LogP contribution >= 0.6 is 0 Å². The number of hydrogen-bond donors (Lipinski definition) is 2. The average molecular weight is 358 g/mol. The molecule has 26 heavy (non-hydrogen) atoms. The number of nitrogens with one attached hydrogen (secondary N) is 2. The first-order valence-corrected chi connectivity index (χ1v) is 8.98. The van der Waals surface area contributed by atoms with Crippen molar-refractivity contribution in [3.8, 4) is 0 Å². The minimum atomic E-state index is -0.816. The highest BCUT2D eigenvalue weighted by atomic mass is 16.2. The molecule has 7 heteroatoms. The van der Waals surface area contributed by atoms with E-state index in [2.05, 4.69) is 15.5 Å². The largest absolute Gasteiger partial charge is 0.346 e. The fraction of sp³-hybridized carbons (Fsp3) is 0.526. The summed E-state index contributed by atoms with van der Waals surface area (Å²) in [5.74, 6) is -1.72. The number of fused-ring (bicyclic) bond motifs is 1. The lowest BCUT2D eigenvalue weighted by Gasteiger charge is -2.36. The van der Waals surface area contributed by atoms with E-state index in [1.54, 1.807) is 13.1 Å². The third kappa shape index (κ3) is 3.19. The lowest BCUT2D eigenvalue weighted by Crippen LogP contribution is -2.53. The Morgan fingerprint density at radius 1 is 1.19 bits per heavy atom. The molecule has 2 N–H and O–H groups in total. The van der Waals surface area contributed by atoms with Crippen LogP contribution in [0.3, 0.4) is 0 Å². The lowest BCUT2D eigenvalue weighted by atomic mass is 9.96. The number of carbonyl (C=O) groups is 3. The molecule has 1 aromatic carbocycles. The highest BCUT2D eigenvalue weighted by Crippen LogP contribution is 2.34. The van der Waals surface area contributed by atoms with Crippen molar-refractivity contribution in [1.29, 1.82) is 0 Å². The zero-order chi connectivity index (χ0) is 18.9. The van der Waals surface area contributed by atoms with Crippen molar-refractivity contribution in [1.82, 2.24) is 15.5 Å². The topological polar surface area (TPSA) is 81.8 Å². The highest BCUT2D eigenvalue weighted by molar-refractivity contribution is 6.35. The van der Waals surface area contributed by atoms with Gasteiger partial charge in [0.05, 0.1) is 0 Å².